The van der Waals surface area contributed by atoms with Gasteiger partial charge < -0.3 is 26.8 Å². The van der Waals surface area contributed by atoms with Crippen molar-refractivity contribution in [2.75, 3.05) is 5.73 Å². The normalized spacial score (nSPS) is 11.8. The van der Waals surface area contributed by atoms with E-state index in [9.17, 15) is 19.5 Å². The fraction of sp³-hybridized carbons (Fsp3) is 0.250. The maximum absolute atomic E-state index is 12.0. The van der Waals surface area contributed by atoms with Crippen LogP contribution in [0.15, 0.2) is 12.1 Å². The van der Waals surface area contributed by atoms with E-state index in [-0.39, 0.29) is 24.1 Å². The maximum Gasteiger partial charge on any atom is 0.340 e. The van der Waals surface area contributed by atoms with Crippen molar-refractivity contribution < 1.29 is 29.7 Å². The number of Topliss-reactive ketones (excluding diaryl/α,β-unsaturated/α-hetero) is 1. The van der Waals surface area contributed by atoms with Crippen molar-refractivity contribution in [3.05, 3.63) is 23.3 Å². The number of aromatic carboxylic acids is 1. The van der Waals surface area contributed by atoms with Gasteiger partial charge in [-0.25, -0.2) is 4.79 Å². The minimum Gasteiger partial charge on any atom is -0.507 e. The molecule has 7 N–H and O–H groups in total. The summed E-state index contributed by atoms with van der Waals surface area (Å²) in [6.45, 7) is 0. The van der Waals surface area contributed by atoms with Crippen LogP contribution in [0.3, 0.4) is 0 Å². The molecule has 0 aliphatic heterocycles. The molecular weight excluding hydrogens is 268 g/mol. The van der Waals surface area contributed by atoms with E-state index in [1.165, 1.54) is 6.07 Å². The molecule has 0 unspecified atom stereocenters. The van der Waals surface area contributed by atoms with E-state index in [1.54, 1.807) is 0 Å². The number of hydrogen-bond acceptors (Lipinski definition) is 6. The minimum absolute atomic E-state index is 0.103. The molecule has 0 amide bonds. The highest BCUT2D eigenvalue weighted by atomic mass is 16.4. The molecule has 108 valence electrons. The number of ketones is 1. The number of hydrogen-bond donors (Lipinski definition) is 5. The first kappa shape index (κ1) is 15.4. The summed E-state index contributed by atoms with van der Waals surface area (Å²) in [5.41, 5.74) is 9.77. The van der Waals surface area contributed by atoms with E-state index >= 15 is 0 Å². The van der Waals surface area contributed by atoms with Crippen LogP contribution in [0.1, 0.15) is 33.6 Å². The van der Waals surface area contributed by atoms with Crippen molar-refractivity contribution in [1.82, 2.24) is 0 Å². The van der Waals surface area contributed by atoms with Gasteiger partial charge in [0.05, 0.1) is 5.56 Å². The third kappa shape index (κ3) is 3.23. The van der Waals surface area contributed by atoms with Crippen molar-refractivity contribution in [2.45, 2.75) is 18.9 Å². The zero-order chi connectivity index (χ0) is 15.4. The minimum atomic E-state index is -1.50. The molecule has 8 heteroatoms. The van der Waals surface area contributed by atoms with Gasteiger partial charge in [-0.1, -0.05) is 0 Å². The standard InChI is InChI=1S/C12H14N2O6/c13-5-1-3-8(16)10(12(19)20)9(5)7(15)4-2-6(14)11(17)18/h1,3,6,16H,2,4,13-14H2,(H,17,18)(H,19,20)/t6-/m0/s1. The average Bonchev–Trinajstić information content (AvgIpc) is 2.37. The fourth-order valence-corrected chi connectivity index (χ4v) is 1.66. The highest BCUT2D eigenvalue weighted by molar-refractivity contribution is 6.11. The van der Waals surface area contributed by atoms with Gasteiger partial charge in [-0.05, 0) is 18.6 Å². The van der Waals surface area contributed by atoms with Crippen LogP contribution in [0.2, 0.25) is 0 Å². The van der Waals surface area contributed by atoms with Crippen LogP contribution in [0, 0.1) is 0 Å². The number of rotatable bonds is 6. The van der Waals surface area contributed by atoms with E-state index in [0.29, 0.717) is 0 Å². The lowest BCUT2D eigenvalue weighted by molar-refractivity contribution is -0.138. The van der Waals surface area contributed by atoms with Gasteiger partial charge in [-0.15, -0.1) is 0 Å². The molecule has 20 heavy (non-hydrogen) atoms. The van der Waals surface area contributed by atoms with Gasteiger partial charge in [0.2, 0.25) is 0 Å². The van der Waals surface area contributed by atoms with Gasteiger partial charge >= 0.3 is 11.9 Å². The second kappa shape index (κ2) is 6.02. The number of phenols is 1. The number of nitrogens with two attached hydrogens (primary N) is 2. The molecular formula is C12H14N2O6. The molecule has 0 aromatic heterocycles. The van der Waals surface area contributed by atoms with Crippen LogP contribution in [-0.2, 0) is 4.79 Å². The molecule has 0 aliphatic rings. The summed E-state index contributed by atoms with van der Waals surface area (Å²) in [6, 6.07) is 1.04. The van der Waals surface area contributed by atoms with Crippen LogP contribution in [0.25, 0.3) is 0 Å². The molecule has 0 saturated heterocycles. The highest BCUT2D eigenvalue weighted by Gasteiger charge is 2.24. The first-order valence-electron chi connectivity index (χ1n) is 5.62. The number of carboxylic acid groups (broad SMARTS) is 2. The number of nitrogen functional groups attached to an aromatic ring is 1. The fourth-order valence-electron chi connectivity index (χ4n) is 1.66. The molecule has 0 bridgehead atoms. The number of carboxylic acids is 2. The van der Waals surface area contributed by atoms with E-state index in [1.807, 2.05) is 0 Å². The molecule has 8 nitrogen and oxygen atoms in total. The molecule has 1 atom stereocenters. The van der Waals surface area contributed by atoms with Crippen LogP contribution >= 0.6 is 0 Å². The first-order valence-corrected chi connectivity index (χ1v) is 5.62. The summed E-state index contributed by atoms with van der Waals surface area (Å²) in [6.07, 6.45) is -0.455. The zero-order valence-electron chi connectivity index (χ0n) is 10.4. The summed E-state index contributed by atoms with van der Waals surface area (Å²) in [4.78, 5) is 33.6. The molecule has 0 saturated carbocycles. The maximum atomic E-state index is 12.0. The summed E-state index contributed by atoms with van der Waals surface area (Å²) in [5.74, 6) is -4.04. The van der Waals surface area contributed by atoms with Gasteiger partial charge in [0.15, 0.2) is 5.78 Å². The van der Waals surface area contributed by atoms with Gasteiger partial charge in [-0.2, -0.15) is 0 Å². The van der Waals surface area contributed by atoms with Crippen molar-refractivity contribution in [3.63, 3.8) is 0 Å². The topological polar surface area (TPSA) is 164 Å². The predicted molar refractivity (Wildman–Crippen MR) is 68.7 cm³/mol. The Morgan fingerprint density at radius 3 is 2.25 bits per heavy atom. The third-order valence-electron chi connectivity index (χ3n) is 2.71. The van der Waals surface area contributed by atoms with Gasteiger partial charge in [0, 0.05) is 12.1 Å². The Bertz CT molecular complexity index is 569. The van der Waals surface area contributed by atoms with Crippen LogP contribution < -0.4 is 11.5 Å². The van der Waals surface area contributed by atoms with E-state index in [2.05, 4.69) is 0 Å². The Morgan fingerprint density at radius 2 is 1.75 bits per heavy atom. The summed E-state index contributed by atoms with van der Waals surface area (Å²) >= 11 is 0. The molecule has 0 heterocycles. The van der Waals surface area contributed by atoms with E-state index < -0.39 is 35.1 Å². The Morgan fingerprint density at radius 1 is 1.15 bits per heavy atom. The number of anilines is 1. The molecule has 0 aliphatic carbocycles. The van der Waals surface area contributed by atoms with Crippen molar-refractivity contribution in [3.8, 4) is 5.75 Å². The SMILES string of the molecule is Nc1ccc(O)c(C(=O)O)c1C(=O)CC[C@H](N)C(=O)O. The van der Waals surface area contributed by atoms with Crippen molar-refractivity contribution in [2.24, 2.45) is 5.73 Å². The lowest BCUT2D eigenvalue weighted by Gasteiger charge is -2.11. The van der Waals surface area contributed by atoms with Crippen LogP contribution in [-0.4, -0.2) is 39.1 Å². The lowest BCUT2D eigenvalue weighted by Crippen LogP contribution is -2.30. The van der Waals surface area contributed by atoms with Crippen molar-refractivity contribution >= 4 is 23.4 Å². The second-order valence-electron chi connectivity index (χ2n) is 4.14. The lowest BCUT2D eigenvalue weighted by atomic mass is 9.96. The van der Waals surface area contributed by atoms with E-state index in [0.717, 1.165) is 6.07 Å². The zero-order valence-corrected chi connectivity index (χ0v) is 10.4. The molecule has 1 rings (SSSR count). The Hall–Kier alpha value is -2.61. The quantitative estimate of drug-likeness (QED) is 0.277. The molecule has 0 spiro atoms. The van der Waals surface area contributed by atoms with Gasteiger partial charge in [0.1, 0.15) is 17.4 Å². The van der Waals surface area contributed by atoms with Gasteiger partial charge in [0.25, 0.3) is 0 Å². The smallest absolute Gasteiger partial charge is 0.340 e. The third-order valence-corrected chi connectivity index (χ3v) is 2.71. The largest absolute Gasteiger partial charge is 0.507 e. The van der Waals surface area contributed by atoms with Crippen LogP contribution in [0.4, 0.5) is 5.69 Å². The molecule has 1 aromatic rings. The summed E-state index contributed by atoms with van der Waals surface area (Å²) < 4.78 is 0. The van der Waals surface area contributed by atoms with Crippen molar-refractivity contribution in [1.29, 1.82) is 0 Å². The van der Waals surface area contributed by atoms with Gasteiger partial charge in [-0.3, -0.25) is 9.59 Å². The highest BCUT2D eigenvalue weighted by Crippen LogP contribution is 2.28. The van der Waals surface area contributed by atoms with Crippen LogP contribution in [0.5, 0.6) is 5.75 Å². The number of aromatic hydroxyl groups is 1. The number of benzene rings is 1. The predicted octanol–water partition coefficient (Wildman–Crippen LogP) is 0.0474. The monoisotopic (exact) mass is 282 g/mol. The number of carbonyl (C=O) groups is 3. The first-order chi connectivity index (χ1) is 9.25. The molecule has 1 aromatic carbocycles. The molecule has 0 radical (unpaired) electrons. The summed E-state index contributed by atoms with van der Waals surface area (Å²) in [7, 11) is 0. The Balaban J connectivity index is 3.07. The second-order valence-corrected chi connectivity index (χ2v) is 4.14. The Labute approximate surface area is 113 Å². The number of aliphatic carboxylic acids is 1. The molecule has 0 fully saturated rings. The Kier molecular flexibility index (Phi) is 4.65. The average molecular weight is 282 g/mol. The van der Waals surface area contributed by atoms with E-state index in [4.69, 9.17) is 21.7 Å². The number of carbonyl (C=O) groups excluding carboxylic acids is 1. The summed E-state index contributed by atoms with van der Waals surface area (Å²) in [5, 5.41) is 27.1.